The summed E-state index contributed by atoms with van der Waals surface area (Å²) in [6, 6.07) is 12.7. The number of amides is 1. The van der Waals surface area contributed by atoms with Crippen LogP contribution in [0.4, 0.5) is 5.69 Å². The number of hydrogen-bond acceptors (Lipinski definition) is 7. The Labute approximate surface area is 206 Å². The lowest BCUT2D eigenvalue weighted by molar-refractivity contribution is -0.119. The number of hydrogen-bond donors (Lipinski definition) is 1. The van der Waals surface area contributed by atoms with E-state index >= 15 is 0 Å². The number of carbonyl (C=O) groups excluding carboxylic acids is 1. The maximum absolute atomic E-state index is 12.8. The van der Waals surface area contributed by atoms with Crippen LogP contribution in [0.3, 0.4) is 0 Å². The van der Waals surface area contributed by atoms with E-state index in [0.29, 0.717) is 13.2 Å². The molecule has 1 aliphatic heterocycles. The summed E-state index contributed by atoms with van der Waals surface area (Å²) in [4.78, 5) is 12.6. The molecule has 0 spiro atoms. The van der Waals surface area contributed by atoms with Crippen LogP contribution in [0.1, 0.15) is 19.4 Å². The number of sulfonamides is 2. The third-order valence-electron chi connectivity index (χ3n) is 5.20. The van der Waals surface area contributed by atoms with Crippen molar-refractivity contribution < 1.29 is 31.1 Å². The molecule has 0 saturated carbocycles. The van der Waals surface area contributed by atoms with Crippen LogP contribution in [0.15, 0.2) is 53.4 Å². The summed E-state index contributed by atoms with van der Waals surface area (Å²) >= 11 is 0. The first-order chi connectivity index (χ1) is 16.5. The van der Waals surface area contributed by atoms with Gasteiger partial charge >= 0.3 is 0 Å². The summed E-state index contributed by atoms with van der Waals surface area (Å²) in [5, 5.41) is 2.71. The third kappa shape index (κ3) is 7.40. The largest absolute Gasteiger partial charge is 0.491 e. The number of anilines is 1. The highest BCUT2D eigenvalue weighted by molar-refractivity contribution is 7.92. The van der Waals surface area contributed by atoms with E-state index in [9.17, 15) is 21.6 Å². The van der Waals surface area contributed by atoms with E-state index < -0.39 is 32.5 Å². The number of carbonyl (C=O) groups is 1. The molecule has 192 valence electrons. The fourth-order valence-corrected chi connectivity index (χ4v) is 5.73. The molecular weight excluding hydrogens is 494 g/mol. The average molecular weight is 526 g/mol. The fourth-order valence-electron chi connectivity index (χ4n) is 3.47. The van der Waals surface area contributed by atoms with Crippen molar-refractivity contribution in [1.29, 1.82) is 0 Å². The van der Waals surface area contributed by atoms with Crippen LogP contribution in [0.5, 0.6) is 5.75 Å². The fraction of sp³-hybridized carbons (Fsp3) is 0.435. The number of morpholine rings is 1. The summed E-state index contributed by atoms with van der Waals surface area (Å²) < 4.78 is 63.4. The first-order valence-corrected chi connectivity index (χ1v) is 14.4. The molecule has 3 rings (SSSR count). The maximum Gasteiger partial charge on any atom is 0.243 e. The van der Waals surface area contributed by atoms with E-state index in [1.54, 1.807) is 12.1 Å². The second-order valence-electron chi connectivity index (χ2n) is 8.37. The van der Waals surface area contributed by atoms with Crippen molar-refractivity contribution >= 4 is 31.6 Å². The Bertz CT molecular complexity index is 1210. The lowest BCUT2D eigenvalue weighted by Gasteiger charge is -2.26. The highest BCUT2D eigenvalue weighted by Gasteiger charge is 2.27. The SMILES string of the molecule is CC(C)Oc1ccc(CNC(=O)CN(c2ccc(S(=O)(=O)N3CCOCC3)cc2)S(C)(=O)=O)cc1. The molecule has 12 heteroatoms. The highest BCUT2D eigenvalue weighted by atomic mass is 32.2. The van der Waals surface area contributed by atoms with Gasteiger partial charge in [-0.25, -0.2) is 16.8 Å². The molecule has 2 aromatic carbocycles. The Morgan fingerprint density at radius 2 is 1.63 bits per heavy atom. The van der Waals surface area contributed by atoms with E-state index in [1.807, 2.05) is 26.0 Å². The van der Waals surface area contributed by atoms with Crippen molar-refractivity contribution in [1.82, 2.24) is 9.62 Å². The normalized spacial score (nSPS) is 15.1. The summed E-state index contributed by atoms with van der Waals surface area (Å²) in [6.45, 7) is 4.79. The molecule has 1 saturated heterocycles. The molecule has 0 unspecified atom stereocenters. The van der Waals surface area contributed by atoms with Gasteiger partial charge in [0, 0.05) is 19.6 Å². The Morgan fingerprint density at radius 1 is 1.03 bits per heavy atom. The Hall–Kier alpha value is -2.67. The van der Waals surface area contributed by atoms with Crippen LogP contribution in [-0.4, -0.2) is 72.3 Å². The molecule has 1 amide bonds. The molecule has 1 N–H and O–H groups in total. The molecule has 1 heterocycles. The summed E-state index contributed by atoms with van der Waals surface area (Å²) in [5.74, 6) is 0.223. The monoisotopic (exact) mass is 525 g/mol. The van der Waals surface area contributed by atoms with Crippen molar-refractivity contribution in [2.24, 2.45) is 0 Å². The number of benzene rings is 2. The van der Waals surface area contributed by atoms with Gasteiger partial charge in [-0.3, -0.25) is 9.10 Å². The van der Waals surface area contributed by atoms with Gasteiger partial charge in [-0.1, -0.05) is 12.1 Å². The topological polar surface area (TPSA) is 122 Å². The van der Waals surface area contributed by atoms with Crippen LogP contribution < -0.4 is 14.4 Å². The Morgan fingerprint density at radius 3 is 2.17 bits per heavy atom. The lowest BCUT2D eigenvalue weighted by Crippen LogP contribution is -2.41. The molecule has 35 heavy (non-hydrogen) atoms. The van der Waals surface area contributed by atoms with Crippen molar-refractivity contribution in [3.05, 3.63) is 54.1 Å². The maximum atomic E-state index is 12.8. The van der Waals surface area contributed by atoms with Gasteiger partial charge in [0.1, 0.15) is 12.3 Å². The number of nitrogens with zero attached hydrogens (tertiary/aromatic N) is 2. The molecule has 1 fully saturated rings. The minimum atomic E-state index is -3.80. The molecule has 0 radical (unpaired) electrons. The lowest BCUT2D eigenvalue weighted by atomic mass is 10.2. The molecule has 0 bridgehead atoms. The Kier molecular flexibility index (Phi) is 8.75. The van der Waals surface area contributed by atoms with Crippen LogP contribution in [0.25, 0.3) is 0 Å². The van der Waals surface area contributed by atoms with Crippen molar-refractivity contribution in [2.45, 2.75) is 31.4 Å². The summed E-state index contributed by atoms with van der Waals surface area (Å²) in [7, 11) is -7.52. The smallest absolute Gasteiger partial charge is 0.243 e. The van der Waals surface area contributed by atoms with Crippen molar-refractivity contribution in [3.8, 4) is 5.75 Å². The highest BCUT2D eigenvalue weighted by Crippen LogP contribution is 2.23. The quantitative estimate of drug-likeness (QED) is 0.500. The average Bonchev–Trinajstić information content (AvgIpc) is 2.82. The molecule has 0 atom stereocenters. The van der Waals surface area contributed by atoms with E-state index in [1.165, 1.54) is 28.6 Å². The molecule has 1 aliphatic rings. The molecule has 0 aliphatic carbocycles. The van der Waals surface area contributed by atoms with E-state index in [-0.39, 0.29) is 36.3 Å². The zero-order valence-electron chi connectivity index (χ0n) is 20.0. The van der Waals surface area contributed by atoms with Gasteiger partial charge in [0.2, 0.25) is 26.0 Å². The van der Waals surface area contributed by atoms with Gasteiger partial charge in [-0.15, -0.1) is 0 Å². The van der Waals surface area contributed by atoms with Crippen molar-refractivity contribution in [2.75, 3.05) is 43.4 Å². The zero-order valence-corrected chi connectivity index (χ0v) is 21.6. The molecule has 0 aromatic heterocycles. The number of rotatable bonds is 10. The van der Waals surface area contributed by atoms with E-state index in [4.69, 9.17) is 9.47 Å². The predicted octanol–water partition coefficient (Wildman–Crippen LogP) is 1.58. The van der Waals surface area contributed by atoms with Gasteiger partial charge in [0.05, 0.1) is 36.2 Å². The standard InChI is InChI=1S/C23H31N3O7S2/c1-18(2)33-21-8-4-19(5-9-21)16-24-23(27)17-26(34(3,28)29)20-6-10-22(11-7-20)35(30,31)25-12-14-32-15-13-25/h4-11,18H,12-17H2,1-3H3,(H,24,27). The minimum Gasteiger partial charge on any atom is -0.491 e. The second kappa shape index (κ2) is 11.4. The van der Waals surface area contributed by atoms with E-state index in [2.05, 4.69) is 5.32 Å². The van der Waals surface area contributed by atoms with Gasteiger partial charge in [-0.05, 0) is 55.8 Å². The first-order valence-electron chi connectivity index (χ1n) is 11.1. The second-order valence-corrected chi connectivity index (χ2v) is 12.2. The minimum absolute atomic E-state index is 0.0472. The first kappa shape index (κ1) is 26.9. The molecular formula is C23H31N3O7S2. The van der Waals surface area contributed by atoms with Gasteiger partial charge in [0.25, 0.3) is 0 Å². The summed E-state index contributed by atoms with van der Waals surface area (Å²) in [5.41, 5.74) is 1.02. The molecule has 10 nitrogen and oxygen atoms in total. The van der Waals surface area contributed by atoms with Crippen LogP contribution in [-0.2, 0) is 36.1 Å². The third-order valence-corrected chi connectivity index (χ3v) is 8.26. The number of ether oxygens (including phenoxy) is 2. The Balaban J connectivity index is 1.66. The predicted molar refractivity (Wildman–Crippen MR) is 132 cm³/mol. The van der Waals surface area contributed by atoms with Gasteiger partial charge in [-0.2, -0.15) is 4.31 Å². The number of nitrogens with one attached hydrogen (secondary N) is 1. The zero-order chi connectivity index (χ0) is 25.6. The molecule has 2 aromatic rings. The van der Waals surface area contributed by atoms with Gasteiger partial charge in [0.15, 0.2) is 0 Å². The van der Waals surface area contributed by atoms with Crippen LogP contribution in [0.2, 0.25) is 0 Å². The van der Waals surface area contributed by atoms with Gasteiger partial charge < -0.3 is 14.8 Å². The van der Waals surface area contributed by atoms with Crippen LogP contribution in [0, 0.1) is 0 Å². The summed E-state index contributed by atoms with van der Waals surface area (Å²) in [6.07, 6.45) is 1.04. The van der Waals surface area contributed by atoms with Crippen LogP contribution >= 0.6 is 0 Å². The van der Waals surface area contributed by atoms with E-state index in [0.717, 1.165) is 21.9 Å². The van der Waals surface area contributed by atoms with Crippen molar-refractivity contribution in [3.63, 3.8) is 0 Å².